The molecule has 0 radical (unpaired) electrons. The van der Waals surface area contributed by atoms with Crippen LogP contribution >= 0.6 is 11.8 Å². The highest BCUT2D eigenvalue weighted by atomic mass is 32.2. The molecule has 3 N–H and O–H groups in total. The third-order valence-corrected chi connectivity index (χ3v) is 12.5. The third-order valence-electron chi connectivity index (χ3n) is 4.74. The lowest BCUT2D eigenvalue weighted by Crippen LogP contribution is -2.63. The Bertz CT molecular complexity index is 626. The Labute approximate surface area is 155 Å². The van der Waals surface area contributed by atoms with E-state index in [0.717, 1.165) is 12.8 Å². The first-order valence-corrected chi connectivity index (χ1v) is 12.3. The Kier molecular flexibility index (Phi) is 7.29. The van der Waals surface area contributed by atoms with E-state index >= 15 is 0 Å². The van der Waals surface area contributed by atoms with Gasteiger partial charge in [-0.25, -0.2) is 0 Å². The molecule has 0 heterocycles. The summed E-state index contributed by atoms with van der Waals surface area (Å²) in [5.74, 6) is -0.479. The van der Waals surface area contributed by atoms with E-state index in [9.17, 15) is 4.79 Å². The summed E-state index contributed by atoms with van der Waals surface area (Å²) in [6.07, 6.45) is 2.13. The zero-order chi connectivity index (χ0) is 18.3. The highest BCUT2D eigenvalue weighted by Gasteiger charge is 2.40. The average Bonchev–Trinajstić information content (AvgIpc) is 2.65. The summed E-state index contributed by atoms with van der Waals surface area (Å²) in [5, 5.41) is 11.9. The molecule has 5 heteroatoms. The molecule has 0 spiro atoms. The van der Waals surface area contributed by atoms with Gasteiger partial charge in [-0.15, -0.1) is 0 Å². The van der Waals surface area contributed by atoms with Gasteiger partial charge in [0.15, 0.2) is 0 Å². The second-order valence-electron chi connectivity index (χ2n) is 6.49. The zero-order valence-corrected chi connectivity index (χ0v) is 16.7. The predicted molar refractivity (Wildman–Crippen MR) is 111 cm³/mol. The summed E-state index contributed by atoms with van der Waals surface area (Å²) >= 11 is 1.74. The van der Waals surface area contributed by atoms with Crippen LogP contribution in [0, 0.1) is 0 Å². The van der Waals surface area contributed by atoms with E-state index in [1.54, 1.807) is 11.8 Å². The van der Waals surface area contributed by atoms with Crippen LogP contribution in [0.15, 0.2) is 60.7 Å². The average molecular weight is 374 g/mol. The first-order valence-electron chi connectivity index (χ1n) is 8.71. The van der Waals surface area contributed by atoms with Crippen molar-refractivity contribution in [1.82, 2.24) is 0 Å². The van der Waals surface area contributed by atoms with Crippen molar-refractivity contribution in [2.24, 2.45) is 5.73 Å². The number of carboxylic acid groups (broad SMARTS) is 1. The van der Waals surface area contributed by atoms with E-state index in [2.05, 4.69) is 62.0 Å². The van der Waals surface area contributed by atoms with Gasteiger partial charge < -0.3 is 10.8 Å². The molecule has 0 fully saturated rings. The molecule has 0 bridgehead atoms. The molecule has 2 rings (SSSR count). The van der Waals surface area contributed by atoms with E-state index in [4.69, 9.17) is 10.8 Å². The SMILES string of the molecule is CCCC(SCC(N)C(=O)O)[Si](C)(c1ccccc1)c1ccccc1. The molecule has 134 valence electrons. The molecule has 2 aromatic carbocycles. The van der Waals surface area contributed by atoms with Crippen molar-refractivity contribution in [1.29, 1.82) is 0 Å². The third kappa shape index (κ3) is 4.75. The van der Waals surface area contributed by atoms with E-state index in [-0.39, 0.29) is 0 Å². The van der Waals surface area contributed by atoms with Crippen molar-refractivity contribution in [3.05, 3.63) is 60.7 Å². The number of carboxylic acids is 1. The van der Waals surface area contributed by atoms with Gasteiger partial charge >= 0.3 is 5.97 Å². The largest absolute Gasteiger partial charge is 0.480 e. The Morgan fingerprint density at radius 2 is 1.56 bits per heavy atom. The number of benzene rings is 2. The standard InChI is InChI=1S/C20H27NO2SSi/c1-3-10-19(24-15-18(21)20(22)23)25(2,16-11-6-4-7-12-16)17-13-8-5-9-14-17/h4-9,11-14,18-19H,3,10,15,21H2,1-2H3,(H,22,23). The summed E-state index contributed by atoms with van der Waals surface area (Å²) in [6, 6.07) is 20.6. The van der Waals surface area contributed by atoms with Crippen LogP contribution in [0.2, 0.25) is 6.55 Å². The predicted octanol–water partition coefficient (Wildman–Crippen LogP) is 2.73. The molecule has 0 aliphatic carbocycles. The fraction of sp³-hybridized carbons (Fsp3) is 0.350. The van der Waals surface area contributed by atoms with Gasteiger partial charge in [0.05, 0.1) is 0 Å². The highest BCUT2D eigenvalue weighted by Crippen LogP contribution is 2.27. The number of hydrogen-bond donors (Lipinski definition) is 2. The Morgan fingerprint density at radius 3 is 1.96 bits per heavy atom. The molecule has 0 saturated heterocycles. The van der Waals surface area contributed by atoms with Crippen LogP contribution in [0.1, 0.15) is 19.8 Å². The number of rotatable bonds is 9. The summed E-state index contributed by atoms with van der Waals surface area (Å²) in [6.45, 7) is 4.59. The first-order chi connectivity index (χ1) is 12.0. The van der Waals surface area contributed by atoms with E-state index in [0.29, 0.717) is 10.6 Å². The van der Waals surface area contributed by atoms with Gasteiger partial charge in [-0.3, -0.25) is 4.79 Å². The fourth-order valence-electron chi connectivity index (χ4n) is 3.20. The molecular weight excluding hydrogens is 346 g/mol. The molecule has 2 aromatic rings. The van der Waals surface area contributed by atoms with Crippen molar-refractivity contribution < 1.29 is 9.90 Å². The molecule has 0 aliphatic heterocycles. The first kappa shape index (κ1) is 19.8. The quantitative estimate of drug-likeness (QED) is 0.664. The smallest absolute Gasteiger partial charge is 0.321 e. The van der Waals surface area contributed by atoms with Gasteiger partial charge in [0.25, 0.3) is 0 Å². The van der Waals surface area contributed by atoms with Gasteiger partial charge in [-0.2, -0.15) is 11.8 Å². The van der Waals surface area contributed by atoms with E-state index < -0.39 is 20.1 Å². The molecular formula is C20H27NO2SSi. The molecule has 0 aromatic heterocycles. The Hall–Kier alpha value is -1.56. The number of thioether (sulfide) groups is 1. The van der Waals surface area contributed by atoms with Crippen molar-refractivity contribution in [2.45, 2.75) is 37.2 Å². The van der Waals surface area contributed by atoms with Crippen LogP contribution < -0.4 is 16.1 Å². The summed E-state index contributed by atoms with van der Waals surface area (Å²) in [7, 11) is -2.04. The monoisotopic (exact) mass is 373 g/mol. The zero-order valence-electron chi connectivity index (χ0n) is 14.9. The van der Waals surface area contributed by atoms with Crippen LogP contribution in [0.4, 0.5) is 0 Å². The lowest BCUT2D eigenvalue weighted by atomic mass is 10.3. The van der Waals surface area contributed by atoms with Gasteiger partial charge in [0, 0.05) is 10.6 Å². The van der Waals surface area contributed by atoms with Crippen molar-refractivity contribution in [2.75, 3.05) is 5.75 Å². The van der Waals surface area contributed by atoms with Crippen LogP contribution in [0.25, 0.3) is 0 Å². The van der Waals surface area contributed by atoms with Crippen LogP contribution in [-0.4, -0.2) is 35.8 Å². The summed E-state index contributed by atoms with van der Waals surface area (Å²) in [5.41, 5.74) is 5.78. The maximum atomic E-state index is 11.1. The normalized spacial score (nSPS) is 14.0. The number of aliphatic carboxylic acids is 1. The lowest BCUT2D eigenvalue weighted by molar-refractivity contribution is -0.137. The molecule has 25 heavy (non-hydrogen) atoms. The van der Waals surface area contributed by atoms with E-state index in [1.807, 2.05) is 12.1 Å². The molecule has 0 saturated carbocycles. The lowest BCUT2D eigenvalue weighted by Gasteiger charge is -2.37. The van der Waals surface area contributed by atoms with Crippen molar-refractivity contribution >= 4 is 36.2 Å². The maximum Gasteiger partial charge on any atom is 0.321 e. The fourth-order valence-corrected chi connectivity index (χ4v) is 10.3. The van der Waals surface area contributed by atoms with Gasteiger partial charge in [-0.05, 0) is 6.42 Å². The molecule has 2 unspecified atom stereocenters. The van der Waals surface area contributed by atoms with Gasteiger partial charge in [0.1, 0.15) is 14.1 Å². The topological polar surface area (TPSA) is 63.3 Å². The Morgan fingerprint density at radius 1 is 1.08 bits per heavy atom. The van der Waals surface area contributed by atoms with Gasteiger partial charge in [-0.1, -0.05) is 90.9 Å². The van der Waals surface area contributed by atoms with Crippen LogP contribution in [-0.2, 0) is 4.79 Å². The molecule has 3 nitrogen and oxygen atoms in total. The maximum absolute atomic E-state index is 11.1. The second-order valence-corrected chi connectivity index (χ2v) is 12.4. The van der Waals surface area contributed by atoms with Crippen molar-refractivity contribution in [3.63, 3.8) is 0 Å². The summed E-state index contributed by atoms with van der Waals surface area (Å²) in [4.78, 5) is 11.5. The molecule has 2 atom stereocenters. The minimum absolute atomic E-state index is 0.382. The summed E-state index contributed by atoms with van der Waals surface area (Å²) < 4.78 is 0. The van der Waals surface area contributed by atoms with Gasteiger partial charge in [0.2, 0.25) is 0 Å². The minimum Gasteiger partial charge on any atom is -0.480 e. The second kappa shape index (κ2) is 9.22. The Balaban J connectivity index is 2.42. The number of nitrogens with two attached hydrogens (primary N) is 1. The number of hydrogen-bond acceptors (Lipinski definition) is 3. The van der Waals surface area contributed by atoms with Crippen molar-refractivity contribution in [3.8, 4) is 0 Å². The number of carbonyl (C=O) groups is 1. The van der Waals surface area contributed by atoms with Crippen LogP contribution in [0.3, 0.4) is 0 Å². The minimum atomic E-state index is -2.04. The highest BCUT2D eigenvalue weighted by molar-refractivity contribution is 8.02. The van der Waals surface area contributed by atoms with Crippen LogP contribution in [0.5, 0.6) is 0 Å². The van der Waals surface area contributed by atoms with E-state index in [1.165, 1.54) is 10.4 Å². The molecule has 0 aliphatic rings. The molecule has 0 amide bonds.